The first-order chi connectivity index (χ1) is 9.99. The fraction of sp³-hybridized carbons (Fsp3) is 0.176. The van der Waals surface area contributed by atoms with E-state index in [-0.39, 0.29) is 0 Å². The van der Waals surface area contributed by atoms with Crippen molar-refractivity contribution >= 4 is 28.8 Å². The van der Waals surface area contributed by atoms with Gasteiger partial charge >= 0.3 is 0 Å². The van der Waals surface area contributed by atoms with Crippen molar-refractivity contribution < 1.29 is 9.59 Å². The van der Waals surface area contributed by atoms with Gasteiger partial charge in [-0.25, -0.2) is 0 Å². The Hall–Kier alpha value is -2.62. The van der Waals surface area contributed by atoms with Crippen molar-refractivity contribution in [3.05, 3.63) is 53.6 Å². The van der Waals surface area contributed by atoms with Gasteiger partial charge in [-0.15, -0.1) is 0 Å². The average Bonchev–Trinajstić information content (AvgIpc) is 2.72. The van der Waals surface area contributed by atoms with E-state index < -0.39 is 11.7 Å². The Morgan fingerprint density at radius 3 is 2.24 bits per heavy atom. The fourth-order valence-corrected chi connectivity index (χ4v) is 2.49. The Morgan fingerprint density at radius 2 is 1.57 bits per heavy atom. The van der Waals surface area contributed by atoms with E-state index in [0.29, 0.717) is 11.3 Å². The third-order valence-corrected chi connectivity index (χ3v) is 3.89. The molecule has 2 aromatic rings. The molecule has 0 bridgehead atoms. The molecule has 1 heterocycles. The minimum atomic E-state index is -0.472. The van der Waals surface area contributed by atoms with Crippen molar-refractivity contribution in [2.75, 3.05) is 23.9 Å². The molecule has 0 saturated carbocycles. The Bertz CT molecular complexity index is 735. The first-order valence-corrected chi connectivity index (χ1v) is 6.76. The average molecular weight is 280 g/mol. The van der Waals surface area contributed by atoms with Gasteiger partial charge in [-0.05, 0) is 37.3 Å². The number of benzene rings is 2. The molecule has 4 heteroatoms. The van der Waals surface area contributed by atoms with Crippen LogP contribution in [0, 0.1) is 6.92 Å². The van der Waals surface area contributed by atoms with E-state index in [1.807, 2.05) is 43.1 Å². The number of rotatable bonds is 2. The number of carbonyl (C=O) groups excluding carboxylic acids is 2. The normalized spacial score (nSPS) is 13.6. The second-order valence-electron chi connectivity index (χ2n) is 5.29. The molecular formula is C17H16N2O2. The van der Waals surface area contributed by atoms with Crippen LogP contribution in [-0.2, 0) is 4.79 Å². The summed E-state index contributed by atoms with van der Waals surface area (Å²) >= 11 is 0. The molecule has 0 saturated heterocycles. The summed E-state index contributed by atoms with van der Waals surface area (Å²) in [5.41, 5.74) is 4.34. The van der Waals surface area contributed by atoms with E-state index in [0.717, 1.165) is 11.4 Å². The lowest BCUT2D eigenvalue weighted by Gasteiger charge is -2.21. The molecule has 106 valence electrons. The number of likely N-dealkylation sites (N-methyl/N-ethyl adjacent to an activating group) is 1. The quantitative estimate of drug-likeness (QED) is 0.794. The molecule has 0 fully saturated rings. The highest BCUT2D eigenvalue weighted by atomic mass is 16.2. The van der Waals surface area contributed by atoms with Crippen LogP contribution in [0.15, 0.2) is 42.5 Å². The summed E-state index contributed by atoms with van der Waals surface area (Å²) in [7, 11) is 3.59. The van der Waals surface area contributed by atoms with Crippen LogP contribution in [0.3, 0.4) is 0 Å². The van der Waals surface area contributed by atoms with Crippen LogP contribution in [0.25, 0.3) is 0 Å². The van der Waals surface area contributed by atoms with E-state index in [2.05, 4.69) is 12.1 Å². The fourth-order valence-electron chi connectivity index (χ4n) is 2.49. The van der Waals surface area contributed by atoms with Gasteiger partial charge < -0.3 is 9.80 Å². The maximum Gasteiger partial charge on any atom is 0.299 e. The summed E-state index contributed by atoms with van der Waals surface area (Å²) < 4.78 is 0. The van der Waals surface area contributed by atoms with Gasteiger partial charge in [0.15, 0.2) is 0 Å². The first-order valence-electron chi connectivity index (χ1n) is 6.76. The Labute approximate surface area is 123 Å². The van der Waals surface area contributed by atoms with Crippen molar-refractivity contribution in [2.45, 2.75) is 6.92 Å². The lowest BCUT2D eigenvalue weighted by Crippen LogP contribution is -2.24. The number of carbonyl (C=O) groups is 2. The number of fused-ring (bicyclic) bond motifs is 1. The maximum atomic E-state index is 11.8. The van der Waals surface area contributed by atoms with E-state index >= 15 is 0 Å². The number of nitrogens with zero attached hydrogens (tertiary/aromatic N) is 2. The molecule has 1 aliphatic rings. The summed E-state index contributed by atoms with van der Waals surface area (Å²) in [5.74, 6) is -0.905. The summed E-state index contributed by atoms with van der Waals surface area (Å²) in [6.45, 7) is 2.05. The van der Waals surface area contributed by atoms with Crippen LogP contribution in [0.4, 0.5) is 17.1 Å². The molecule has 0 atom stereocenters. The predicted molar refractivity (Wildman–Crippen MR) is 83.4 cm³/mol. The zero-order chi connectivity index (χ0) is 15.1. The lowest BCUT2D eigenvalue weighted by atomic mass is 10.1. The molecule has 4 nitrogen and oxygen atoms in total. The molecule has 1 aliphatic heterocycles. The molecule has 2 aromatic carbocycles. The van der Waals surface area contributed by atoms with Gasteiger partial charge in [0.25, 0.3) is 11.7 Å². The minimum Gasteiger partial charge on any atom is -0.345 e. The van der Waals surface area contributed by atoms with Crippen LogP contribution in [0.5, 0.6) is 0 Å². The van der Waals surface area contributed by atoms with Crippen molar-refractivity contribution in [2.24, 2.45) is 0 Å². The second-order valence-corrected chi connectivity index (χ2v) is 5.29. The predicted octanol–water partition coefficient (Wildman–Crippen LogP) is 2.92. The second kappa shape index (κ2) is 4.74. The maximum absolute atomic E-state index is 11.8. The van der Waals surface area contributed by atoms with E-state index in [9.17, 15) is 9.59 Å². The van der Waals surface area contributed by atoms with Gasteiger partial charge in [-0.2, -0.15) is 0 Å². The first kappa shape index (κ1) is 13.4. The highest BCUT2D eigenvalue weighted by Crippen LogP contribution is 2.33. The van der Waals surface area contributed by atoms with E-state index in [1.54, 1.807) is 13.1 Å². The lowest BCUT2D eigenvalue weighted by molar-refractivity contribution is -0.114. The van der Waals surface area contributed by atoms with Crippen LogP contribution < -0.4 is 9.80 Å². The number of hydrogen-bond donors (Lipinski definition) is 0. The molecule has 21 heavy (non-hydrogen) atoms. The van der Waals surface area contributed by atoms with Gasteiger partial charge in [-0.3, -0.25) is 9.59 Å². The van der Waals surface area contributed by atoms with Crippen LogP contribution in [0.2, 0.25) is 0 Å². The Kier molecular flexibility index (Phi) is 3.01. The SMILES string of the molecule is Cc1ccc(N(C)c2ccc3c(c2)N(C)C(=O)C3=O)cc1. The number of hydrogen-bond acceptors (Lipinski definition) is 3. The van der Waals surface area contributed by atoms with E-state index in [4.69, 9.17) is 0 Å². The molecule has 0 radical (unpaired) electrons. The minimum absolute atomic E-state index is 0.433. The van der Waals surface area contributed by atoms with Crippen LogP contribution >= 0.6 is 0 Å². The van der Waals surface area contributed by atoms with Gasteiger partial charge in [0, 0.05) is 25.5 Å². The standard InChI is InChI=1S/C17H16N2O2/c1-11-4-6-12(7-5-11)18(2)13-8-9-14-15(10-13)19(3)17(21)16(14)20/h4-10H,1-3H3. The number of ketones is 1. The molecule has 0 N–H and O–H groups in total. The van der Waals surface area contributed by atoms with Gasteiger partial charge in [0.05, 0.1) is 11.3 Å². The van der Waals surface area contributed by atoms with Gasteiger partial charge in [0.1, 0.15) is 0 Å². The van der Waals surface area contributed by atoms with Crippen molar-refractivity contribution in [3.8, 4) is 0 Å². The third-order valence-electron chi connectivity index (χ3n) is 3.89. The number of anilines is 3. The molecule has 3 rings (SSSR count). The molecule has 0 unspecified atom stereocenters. The molecule has 0 aromatic heterocycles. The summed E-state index contributed by atoms with van der Waals surface area (Å²) in [6, 6.07) is 13.7. The molecule has 0 aliphatic carbocycles. The largest absolute Gasteiger partial charge is 0.345 e. The highest BCUT2D eigenvalue weighted by Gasteiger charge is 2.33. The summed E-state index contributed by atoms with van der Waals surface area (Å²) in [4.78, 5) is 26.9. The highest BCUT2D eigenvalue weighted by molar-refractivity contribution is 6.52. The Balaban J connectivity index is 2.00. The zero-order valence-electron chi connectivity index (χ0n) is 12.3. The number of aryl methyl sites for hydroxylation is 1. The van der Waals surface area contributed by atoms with Gasteiger partial charge in [0.2, 0.25) is 0 Å². The molecule has 1 amide bonds. The molecular weight excluding hydrogens is 264 g/mol. The van der Waals surface area contributed by atoms with E-state index in [1.165, 1.54) is 10.5 Å². The van der Waals surface area contributed by atoms with Crippen LogP contribution in [0.1, 0.15) is 15.9 Å². The zero-order valence-corrected chi connectivity index (χ0v) is 12.3. The van der Waals surface area contributed by atoms with Crippen molar-refractivity contribution in [1.82, 2.24) is 0 Å². The van der Waals surface area contributed by atoms with Gasteiger partial charge in [-0.1, -0.05) is 17.7 Å². The van der Waals surface area contributed by atoms with Crippen LogP contribution in [-0.4, -0.2) is 25.8 Å². The smallest absolute Gasteiger partial charge is 0.299 e. The summed E-state index contributed by atoms with van der Waals surface area (Å²) in [5, 5.41) is 0. The monoisotopic (exact) mass is 280 g/mol. The number of amides is 1. The number of Topliss-reactive ketones (excluding diaryl/α,β-unsaturated/α-hetero) is 1. The van der Waals surface area contributed by atoms with Crippen molar-refractivity contribution in [1.29, 1.82) is 0 Å². The third kappa shape index (κ3) is 2.09. The Morgan fingerprint density at radius 1 is 0.952 bits per heavy atom. The molecule has 0 spiro atoms. The van der Waals surface area contributed by atoms with Crippen molar-refractivity contribution in [3.63, 3.8) is 0 Å². The summed E-state index contributed by atoms with van der Waals surface area (Å²) in [6.07, 6.45) is 0. The topological polar surface area (TPSA) is 40.6 Å².